The molecule has 0 rings (SSSR count). The van der Waals surface area contributed by atoms with E-state index in [1.165, 1.54) is 193 Å². The third-order valence-electron chi connectivity index (χ3n) is 10.1. The van der Waals surface area contributed by atoms with Crippen LogP contribution in [0.25, 0.3) is 0 Å². The summed E-state index contributed by atoms with van der Waals surface area (Å²) in [4.78, 5) is 0. The molecule has 0 aliphatic carbocycles. The molecule has 0 aromatic rings. The van der Waals surface area contributed by atoms with Gasteiger partial charge in [0.05, 0.1) is 11.2 Å². The van der Waals surface area contributed by atoms with E-state index in [0.29, 0.717) is 0 Å². The van der Waals surface area contributed by atoms with E-state index in [0.717, 1.165) is 12.8 Å². The molecule has 0 saturated carbocycles. The minimum absolute atomic E-state index is 0.0535. The average Bonchev–Trinajstić information content (AvgIpc) is 2.97. The van der Waals surface area contributed by atoms with Crippen molar-refractivity contribution in [3.05, 3.63) is 0 Å². The van der Waals surface area contributed by atoms with Crippen LogP contribution < -0.4 is 0 Å². The Morgan fingerprint density at radius 3 is 0.683 bits per heavy atom. The second kappa shape index (κ2) is 30.0. The van der Waals surface area contributed by atoms with Crippen LogP contribution in [-0.4, -0.2) is 11.2 Å². The van der Waals surface area contributed by atoms with Gasteiger partial charge >= 0.3 is 0 Å². The second-order valence-electron chi connectivity index (χ2n) is 14.4. The molecule has 0 saturated heterocycles. The fraction of sp³-hybridized carbons (Fsp3) is 1.00. The van der Waals surface area contributed by atoms with Crippen molar-refractivity contribution in [2.75, 3.05) is 0 Å². The summed E-state index contributed by atoms with van der Waals surface area (Å²) in [5.41, 5.74) is 0.107. The zero-order chi connectivity index (χ0) is 30.3. The lowest BCUT2D eigenvalue weighted by Gasteiger charge is -2.40. The van der Waals surface area contributed by atoms with Gasteiger partial charge in [0.2, 0.25) is 0 Å². The second-order valence-corrected chi connectivity index (χ2v) is 14.4. The maximum absolute atomic E-state index is 6.95. The summed E-state index contributed by atoms with van der Waals surface area (Å²) >= 11 is 0. The van der Waals surface area contributed by atoms with Gasteiger partial charge in [0.25, 0.3) is 0 Å². The first-order valence-electron chi connectivity index (χ1n) is 19.7. The Morgan fingerprint density at radius 1 is 0.293 bits per heavy atom. The van der Waals surface area contributed by atoms with E-state index in [1.807, 2.05) is 0 Å². The van der Waals surface area contributed by atoms with Crippen LogP contribution in [0.5, 0.6) is 0 Å². The molecule has 0 aliphatic rings. The van der Waals surface area contributed by atoms with Gasteiger partial charge in [0.15, 0.2) is 0 Å². The summed E-state index contributed by atoms with van der Waals surface area (Å²) in [7, 11) is 0. The van der Waals surface area contributed by atoms with E-state index >= 15 is 0 Å². The highest BCUT2D eigenvalue weighted by Gasteiger charge is 2.33. The van der Waals surface area contributed by atoms with Gasteiger partial charge in [-0.15, -0.1) is 0 Å². The number of hydrogen-bond acceptors (Lipinski definition) is 1. The van der Waals surface area contributed by atoms with Crippen LogP contribution in [0.1, 0.15) is 247 Å². The van der Waals surface area contributed by atoms with Crippen LogP contribution in [0.2, 0.25) is 0 Å². The Balaban J connectivity index is 3.81. The molecule has 0 radical (unpaired) electrons. The quantitative estimate of drug-likeness (QED) is 0.0690. The van der Waals surface area contributed by atoms with Gasteiger partial charge in [-0.1, -0.05) is 207 Å². The smallest absolute Gasteiger partial charge is 0.0659 e. The largest absolute Gasteiger partial charge is 0.369 e. The molecule has 0 heterocycles. The van der Waals surface area contributed by atoms with Crippen molar-refractivity contribution < 1.29 is 4.74 Å². The topological polar surface area (TPSA) is 9.23 Å². The van der Waals surface area contributed by atoms with Crippen molar-refractivity contribution in [1.82, 2.24) is 0 Å². The first kappa shape index (κ1) is 41.0. The molecule has 0 aromatic heterocycles. The molecular weight excluding hydrogens is 496 g/mol. The van der Waals surface area contributed by atoms with Crippen molar-refractivity contribution in [3.63, 3.8) is 0 Å². The minimum Gasteiger partial charge on any atom is -0.369 e. The fourth-order valence-electron chi connectivity index (χ4n) is 6.58. The summed E-state index contributed by atoms with van der Waals surface area (Å²) in [6.07, 6.45) is 44.9. The number of rotatable bonds is 34. The Kier molecular flexibility index (Phi) is 30.0. The van der Waals surface area contributed by atoms with Crippen LogP contribution >= 0.6 is 0 Å². The van der Waals surface area contributed by atoms with Crippen molar-refractivity contribution in [3.8, 4) is 0 Å². The van der Waals surface area contributed by atoms with Gasteiger partial charge in [-0.3, -0.25) is 0 Å². The van der Waals surface area contributed by atoms with Crippen LogP contribution in [0.4, 0.5) is 0 Å². The molecule has 2 unspecified atom stereocenters. The SMILES string of the molecule is CCCCCCCCCCCCCCCCC(C)(CC)OC(C)(CC)CCCCCCCCCCCCCCCC. The highest BCUT2D eigenvalue weighted by atomic mass is 16.5. The summed E-state index contributed by atoms with van der Waals surface area (Å²) in [5.74, 6) is 0. The monoisotopic (exact) mass is 579 g/mol. The van der Waals surface area contributed by atoms with Crippen molar-refractivity contribution in [1.29, 1.82) is 0 Å². The van der Waals surface area contributed by atoms with E-state index < -0.39 is 0 Å². The lowest BCUT2D eigenvalue weighted by Crippen LogP contribution is -2.40. The lowest BCUT2D eigenvalue weighted by atomic mass is 9.89. The van der Waals surface area contributed by atoms with E-state index in [-0.39, 0.29) is 11.2 Å². The molecule has 41 heavy (non-hydrogen) atoms. The van der Waals surface area contributed by atoms with Gasteiger partial charge in [-0.25, -0.2) is 0 Å². The Hall–Kier alpha value is -0.0400. The summed E-state index contributed by atoms with van der Waals surface area (Å²) < 4.78 is 6.95. The Morgan fingerprint density at radius 2 is 0.488 bits per heavy atom. The molecule has 2 atom stereocenters. The summed E-state index contributed by atoms with van der Waals surface area (Å²) in [5, 5.41) is 0. The highest BCUT2D eigenvalue weighted by molar-refractivity contribution is 4.82. The van der Waals surface area contributed by atoms with Crippen LogP contribution in [0.3, 0.4) is 0 Å². The van der Waals surface area contributed by atoms with Crippen molar-refractivity contribution in [2.45, 2.75) is 258 Å². The molecule has 0 aromatic carbocycles. The standard InChI is InChI=1S/C40H82O/c1-7-11-13-15-17-19-21-23-25-27-29-31-33-35-37-39(5,9-3)41-40(6,10-4)38-36-34-32-30-28-26-24-22-20-18-16-14-12-8-2/h7-38H2,1-6H3. The van der Waals surface area contributed by atoms with E-state index in [2.05, 4.69) is 41.5 Å². The van der Waals surface area contributed by atoms with E-state index in [9.17, 15) is 0 Å². The number of unbranched alkanes of at least 4 members (excludes halogenated alkanes) is 26. The molecule has 0 amide bonds. The fourth-order valence-corrected chi connectivity index (χ4v) is 6.58. The highest BCUT2D eigenvalue weighted by Crippen LogP contribution is 2.34. The summed E-state index contributed by atoms with van der Waals surface area (Å²) in [6, 6.07) is 0. The van der Waals surface area contributed by atoms with Crippen LogP contribution in [0.15, 0.2) is 0 Å². The zero-order valence-electron chi connectivity index (χ0n) is 30.0. The molecular formula is C40H82O. The third-order valence-corrected chi connectivity index (χ3v) is 10.1. The van der Waals surface area contributed by atoms with E-state index in [1.54, 1.807) is 0 Å². The van der Waals surface area contributed by atoms with Gasteiger partial charge in [0, 0.05) is 0 Å². The molecule has 0 fully saturated rings. The molecule has 248 valence electrons. The van der Waals surface area contributed by atoms with Crippen LogP contribution in [-0.2, 0) is 4.74 Å². The Bertz CT molecular complexity index is 457. The first-order chi connectivity index (χ1) is 19.9. The molecule has 1 heteroatoms. The maximum atomic E-state index is 6.95. The predicted octanol–water partition coefficient (Wildman–Crippen LogP) is 15.1. The zero-order valence-corrected chi connectivity index (χ0v) is 30.0. The first-order valence-corrected chi connectivity index (χ1v) is 19.7. The van der Waals surface area contributed by atoms with Crippen molar-refractivity contribution >= 4 is 0 Å². The van der Waals surface area contributed by atoms with Crippen molar-refractivity contribution in [2.24, 2.45) is 0 Å². The molecule has 1 nitrogen and oxygen atoms in total. The minimum atomic E-state index is 0.0535. The molecule has 0 N–H and O–H groups in total. The lowest BCUT2D eigenvalue weighted by molar-refractivity contribution is -0.152. The van der Waals surface area contributed by atoms with Crippen LogP contribution in [0, 0.1) is 0 Å². The predicted molar refractivity (Wildman–Crippen MR) is 188 cm³/mol. The van der Waals surface area contributed by atoms with Gasteiger partial charge in [-0.05, 0) is 39.5 Å². The maximum Gasteiger partial charge on any atom is 0.0659 e. The van der Waals surface area contributed by atoms with Gasteiger partial charge in [-0.2, -0.15) is 0 Å². The number of ether oxygens (including phenoxy) is 1. The third kappa shape index (κ3) is 27.3. The van der Waals surface area contributed by atoms with Gasteiger partial charge < -0.3 is 4.74 Å². The molecule has 0 bridgehead atoms. The molecule has 0 spiro atoms. The average molecular weight is 579 g/mol. The Labute approximate surface area is 262 Å². The molecule has 0 aliphatic heterocycles. The summed E-state index contributed by atoms with van der Waals surface area (Å²) in [6.45, 7) is 14.1. The van der Waals surface area contributed by atoms with Gasteiger partial charge in [0.1, 0.15) is 0 Å². The van der Waals surface area contributed by atoms with E-state index in [4.69, 9.17) is 4.74 Å². The number of hydrogen-bond donors (Lipinski definition) is 0. The normalized spacial score (nSPS) is 14.8.